The first-order valence-corrected chi connectivity index (χ1v) is 9.32. The maximum Gasteiger partial charge on any atom is 0.269 e. The van der Waals surface area contributed by atoms with Crippen LogP contribution in [0.25, 0.3) is 0 Å². The second-order valence-electron chi connectivity index (χ2n) is 5.81. The molecule has 150 valence electrons. The normalized spacial score (nSPS) is 10.1. The van der Waals surface area contributed by atoms with Crippen molar-refractivity contribution >= 4 is 11.8 Å². The van der Waals surface area contributed by atoms with E-state index in [0.717, 1.165) is 6.42 Å². The van der Waals surface area contributed by atoms with Crippen molar-refractivity contribution in [1.29, 1.82) is 0 Å². The molecule has 2 N–H and O–H groups in total. The Labute approximate surface area is 165 Å². The number of hydrazine groups is 1. The second kappa shape index (κ2) is 10.8. The van der Waals surface area contributed by atoms with Crippen molar-refractivity contribution in [2.24, 2.45) is 0 Å². The van der Waals surface area contributed by atoms with Crippen molar-refractivity contribution < 1.29 is 23.8 Å². The smallest absolute Gasteiger partial charge is 0.269 e. The lowest BCUT2D eigenvalue weighted by Gasteiger charge is -2.13. The van der Waals surface area contributed by atoms with Gasteiger partial charge in [-0.05, 0) is 62.7 Å². The van der Waals surface area contributed by atoms with E-state index in [1.165, 1.54) is 0 Å². The summed E-state index contributed by atoms with van der Waals surface area (Å²) < 4.78 is 16.5. The highest BCUT2D eigenvalue weighted by atomic mass is 16.5. The minimum absolute atomic E-state index is 0.347. The quantitative estimate of drug-likeness (QED) is 0.646. The third-order valence-corrected chi connectivity index (χ3v) is 3.68. The molecule has 2 rings (SSSR count). The van der Waals surface area contributed by atoms with Crippen molar-refractivity contribution in [2.75, 3.05) is 19.8 Å². The molecule has 0 bridgehead atoms. The first-order valence-electron chi connectivity index (χ1n) is 9.32. The topological polar surface area (TPSA) is 85.9 Å². The molecule has 7 heteroatoms. The van der Waals surface area contributed by atoms with Gasteiger partial charge in [0.2, 0.25) is 0 Å². The minimum Gasteiger partial charge on any atom is -0.494 e. The van der Waals surface area contributed by atoms with Gasteiger partial charge in [-0.2, -0.15) is 0 Å². The van der Waals surface area contributed by atoms with Crippen molar-refractivity contribution in [2.45, 2.75) is 27.2 Å². The molecule has 0 heterocycles. The SMILES string of the molecule is CCCOc1ccc(C(=O)NNC(=O)c2ccc(OCC)cc2)cc1OCC. The lowest BCUT2D eigenvalue weighted by Crippen LogP contribution is -2.41. The van der Waals surface area contributed by atoms with Crippen LogP contribution in [0.15, 0.2) is 42.5 Å². The van der Waals surface area contributed by atoms with Gasteiger partial charge in [-0.25, -0.2) is 0 Å². The Kier molecular flexibility index (Phi) is 8.14. The Morgan fingerprint density at radius 2 is 1.36 bits per heavy atom. The number of amides is 2. The zero-order chi connectivity index (χ0) is 20.4. The summed E-state index contributed by atoms with van der Waals surface area (Å²) in [7, 11) is 0. The number of nitrogens with one attached hydrogen (secondary N) is 2. The molecule has 0 spiro atoms. The molecule has 28 heavy (non-hydrogen) atoms. The third kappa shape index (κ3) is 5.90. The van der Waals surface area contributed by atoms with Crippen molar-refractivity contribution in [3.05, 3.63) is 53.6 Å². The van der Waals surface area contributed by atoms with Crippen LogP contribution in [0.4, 0.5) is 0 Å². The van der Waals surface area contributed by atoms with E-state index in [1.54, 1.807) is 42.5 Å². The summed E-state index contributed by atoms with van der Waals surface area (Å²) in [6.45, 7) is 7.30. The molecule has 0 aliphatic rings. The van der Waals surface area contributed by atoms with Crippen molar-refractivity contribution in [1.82, 2.24) is 10.9 Å². The fourth-order valence-corrected chi connectivity index (χ4v) is 2.38. The van der Waals surface area contributed by atoms with Gasteiger partial charge in [0.1, 0.15) is 5.75 Å². The van der Waals surface area contributed by atoms with E-state index in [2.05, 4.69) is 10.9 Å². The standard InChI is InChI=1S/C21H26N2O5/c1-4-13-28-18-12-9-16(14-19(18)27-6-3)21(25)23-22-20(24)15-7-10-17(11-8-15)26-5-2/h7-12,14H,4-6,13H2,1-3H3,(H,22,24)(H,23,25). The van der Waals surface area contributed by atoms with Crippen LogP contribution in [0, 0.1) is 0 Å². The molecule has 0 fully saturated rings. The summed E-state index contributed by atoms with van der Waals surface area (Å²) in [4.78, 5) is 24.5. The van der Waals surface area contributed by atoms with Gasteiger partial charge >= 0.3 is 0 Å². The molecule has 0 saturated carbocycles. The van der Waals surface area contributed by atoms with Gasteiger partial charge in [-0.1, -0.05) is 6.92 Å². The molecule has 0 atom stereocenters. The third-order valence-electron chi connectivity index (χ3n) is 3.68. The van der Waals surface area contributed by atoms with Crippen LogP contribution < -0.4 is 25.1 Å². The van der Waals surface area contributed by atoms with Gasteiger partial charge in [0.05, 0.1) is 19.8 Å². The maximum absolute atomic E-state index is 12.4. The Hall–Kier alpha value is -3.22. The highest BCUT2D eigenvalue weighted by molar-refractivity contribution is 5.99. The molecular weight excluding hydrogens is 360 g/mol. The highest BCUT2D eigenvalue weighted by Crippen LogP contribution is 2.28. The molecular formula is C21H26N2O5. The zero-order valence-electron chi connectivity index (χ0n) is 16.4. The molecule has 2 amide bonds. The molecule has 0 aliphatic heterocycles. The Balaban J connectivity index is 1.99. The summed E-state index contributed by atoms with van der Waals surface area (Å²) in [5.41, 5.74) is 5.55. The number of rotatable bonds is 9. The Morgan fingerprint density at radius 3 is 1.96 bits per heavy atom. The van der Waals surface area contributed by atoms with Gasteiger partial charge in [-0.3, -0.25) is 20.4 Å². The van der Waals surface area contributed by atoms with Crippen molar-refractivity contribution in [3.8, 4) is 17.2 Å². The monoisotopic (exact) mass is 386 g/mol. The summed E-state index contributed by atoms with van der Waals surface area (Å²) in [5.74, 6) is 0.864. The first kappa shape index (κ1) is 21.1. The number of hydrogen-bond acceptors (Lipinski definition) is 5. The fourth-order valence-electron chi connectivity index (χ4n) is 2.38. The largest absolute Gasteiger partial charge is 0.494 e. The van der Waals surface area contributed by atoms with Gasteiger partial charge in [-0.15, -0.1) is 0 Å². The van der Waals surface area contributed by atoms with E-state index in [1.807, 2.05) is 20.8 Å². The zero-order valence-corrected chi connectivity index (χ0v) is 16.4. The van der Waals surface area contributed by atoms with Crippen LogP contribution >= 0.6 is 0 Å². The van der Waals surface area contributed by atoms with E-state index in [0.29, 0.717) is 48.2 Å². The molecule has 2 aromatic rings. The Bertz CT molecular complexity index is 790. The van der Waals surface area contributed by atoms with Gasteiger partial charge in [0, 0.05) is 11.1 Å². The first-order chi connectivity index (χ1) is 13.6. The molecule has 7 nitrogen and oxygen atoms in total. The van der Waals surface area contributed by atoms with Crippen LogP contribution in [0.3, 0.4) is 0 Å². The number of hydrogen-bond donors (Lipinski definition) is 2. The van der Waals surface area contributed by atoms with E-state index in [4.69, 9.17) is 14.2 Å². The predicted octanol–water partition coefficient (Wildman–Crippen LogP) is 3.35. The van der Waals surface area contributed by atoms with Crippen LogP contribution in [0.5, 0.6) is 17.2 Å². The van der Waals surface area contributed by atoms with Crippen molar-refractivity contribution in [3.63, 3.8) is 0 Å². The second-order valence-corrected chi connectivity index (χ2v) is 5.81. The molecule has 0 radical (unpaired) electrons. The van der Waals surface area contributed by atoms with E-state index >= 15 is 0 Å². The number of benzene rings is 2. The lowest BCUT2D eigenvalue weighted by atomic mass is 10.2. The Morgan fingerprint density at radius 1 is 0.750 bits per heavy atom. The van der Waals surface area contributed by atoms with Gasteiger partial charge in [0.15, 0.2) is 11.5 Å². The lowest BCUT2D eigenvalue weighted by molar-refractivity contribution is 0.0846. The highest BCUT2D eigenvalue weighted by Gasteiger charge is 2.13. The number of ether oxygens (including phenoxy) is 3. The number of carbonyl (C=O) groups is 2. The molecule has 0 aliphatic carbocycles. The van der Waals surface area contributed by atoms with Gasteiger partial charge < -0.3 is 14.2 Å². The number of carbonyl (C=O) groups excluding carboxylic acids is 2. The van der Waals surface area contributed by atoms with E-state index in [-0.39, 0.29) is 0 Å². The molecule has 0 unspecified atom stereocenters. The van der Waals surface area contributed by atoms with Gasteiger partial charge in [0.25, 0.3) is 11.8 Å². The van der Waals surface area contributed by atoms with Crippen LogP contribution in [-0.4, -0.2) is 31.6 Å². The predicted molar refractivity (Wildman–Crippen MR) is 106 cm³/mol. The summed E-state index contributed by atoms with van der Waals surface area (Å²) >= 11 is 0. The van der Waals surface area contributed by atoms with E-state index in [9.17, 15) is 9.59 Å². The van der Waals surface area contributed by atoms with Crippen LogP contribution in [0.1, 0.15) is 47.9 Å². The fraction of sp³-hybridized carbons (Fsp3) is 0.333. The van der Waals surface area contributed by atoms with Crippen LogP contribution in [-0.2, 0) is 0 Å². The molecule has 2 aromatic carbocycles. The van der Waals surface area contributed by atoms with Crippen LogP contribution in [0.2, 0.25) is 0 Å². The molecule has 0 saturated heterocycles. The summed E-state index contributed by atoms with van der Waals surface area (Å²) in [6.07, 6.45) is 0.866. The summed E-state index contributed by atoms with van der Waals surface area (Å²) in [6, 6.07) is 11.5. The average Bonchev–Trinajstić information content (AvgIpc) is 2.71. The maximum atomic E-state index is 12.4. The summed E-state index contributed by atoms with van der Waals surface area (Å²) in [5, 5.41) is 0. The van der Waals surface area contributed by atoms with E-state index < -0.39 is 11.8 Å². The minimum atomic E-state index is -0.456. The molecule has 0 aromatic heterocycles. The average molecular weight is 386 g/mol.